The number of nitrogens with one attached hydrogen (secondary N) is 1. The molecule has 230 valence electrons. The molecule has 42 heavy (non-hydrogen) atoms. The van der Waals surface area contributed by atoms with Gasteiger partial charge in [0.1, 0.15) is 24.4 Å². The van der Waals surface area contributed by atoms with Crippen LogP contribution in [0.3, 0.4) is 0 Å². The Labute approximate surface area is 252 Å². The summed E-state index contributed by atoms with van der Waals surface area (Å²) < 4.78 is 11.7. The maximum atomic E-state index is 10.4. The fourth-order valence-corrected chi connectivity index (χ4v) is 4.96. The van der Waals surface area contributed by atoms with Crippen molar-refractivity contribution in [2.24, 2.45) is 11.8 Å². The lowest BCUT2D eigenvalue weighted by Crippen LogP contribution is -2.44. The first-order chi connectivity index (χ1) is 19.7. The number of hydrogen-bond donors (Lipinski definition) is 3. The number of aliphatic hydroxyl groups excluding tert-OH is 2. The zero-order chi connectivity index (χ0) is 29.9. The molecule has 0 aliphatic carbocycles. The molecule has 0 saturated carbocycles. The van der Waals surface area contributed by atoms with E-state index in [0.29, 0.717) is 13.2 Å². The maximum Gasteiger partial charge on any atom is 0.120 e. The maximum absolute atomic E-state index is 10.4. The third-order valence-electron chi connectivity index (χ3n) is 7.65. The molecule has 0 bridgehead atoms. The number of aliphatic hydroxyl groups is 2. The van der Waals surface area contributed by atoms with Crippen LogP contribution in [-0.2, 0) is 32.4 Å². The predicted molar refractivity (Wildman–Crippen MR) is 164 cm³/mol. The second-order valence-corrected chi connectivity index (χ2v) is 10.7. The summed E-state index contributed by atoms with van der Waals surface area (Å²) in [6.07, 6.45) is 8.34. The average Bonchev–Trinajstić information content (AvgIpc) is 3.53. The van der Waals surface area contributed by atoms with Crippen molar-refractivity contribution in [3.63, 3.8) is 0 Å². The van der Waals surface area contributed by atoms with E-state index in [2.05, 4.69) is 17.3 Å². The van der Waals surface area contributed by atoms with Crippen LogP contribution >= 0.6 is 0 Å². The Kier molecular flexibility index (Phi) is 14.7. The molecule has 4 rings (SSSR count). The number of rotatable bonds is 10. The van der Waals surface area contributed by atoms with Gasteiger partial charge in [-0.25, -0.2) is 0 Å². The number of benzene rings is 2. The van der Waals surface area contributed by atoms with Crippen LogP contribution in [0, 0.1) is 36.5 Å². The molecule has 0 unspecified atom stereocenters. The number of ether oxygens (including phenoxy) is 2. The molecule has 0 aromatic heterocycles. The number of terminal acetylenes is 2. The molecular weight excluding hydrogens is 532 g/mol. The molecule has 2 heterocycles. The van der Waals surface area contributed by atoms with E-state index in [1.165, 1.54) is 0 Å². The molecule has 0 spiro atoms. The zero-order valence-electron chi connectivity index (χ0n) is 24.6. The Morgan fingerprint density at radius 1 is 0.810 bits per heavy atom. The van der Waals surface area contributed by atoms with Crippen LogP contribution < -0.4 is 5.48 Å². The van der Waals surface area contributed by atoms with Gasteiger partial charge in [0, 0.05) is 18.9 Å². The fourth-order valence-electron chi connectivity index (χ4n) is 4.96. The molecule has 10 atom stereocenters. The summed E-state index contributed by atoms with van der Waals surface area (Å²) in [5.74, 6) is 4.92. The number of nitrogens with zero attached hydrogens (tertiary/aromatic N) is 1. The first-order valence-corrected chi connectivity index (χ1v) is 14.1. The minimum Gasteiger partial charge on any atom is -0.388 e. The fraction of sp³-hybridized carbons (Fsp3) is 0.529. The van der Waals surface area contributed by atoms with E-state index in [0.717, 1.165) is 11.1 Å². The van der Waals surface area contributed by atoms with Crippen LogP contribution in [0.2, 0.25) is 0 Å². The third-order valence-corrected chi connectivity index (χ3v) is 7.65. The standard InChI is InChI=1S/C17H23NO3.C16H21NO3.CH4/c1-5-12(2)17-16(19)15(18(4)21-17)13(3)20-11-14-9-7-6-8-10-14;1-4-11(2)16-15(18)14(17-20-16)12(3)19-10-13-8-6-5-7-9-13;/h1,6-10,12-13,15-17,19H,11H2,2-4H3;1,5-9,11-12,14-18H,10H2,2-3H3;1H4/t12-,13-,15-,16-,17-;11-,12-,14-,15-,16-;/m11./s1. The van der Waals surface area contributed by atoms with Gasteiger partial charge in [0.15, 0.2) is 0 Å². The molecule has 2 aromatic rings. The lowest BCUT2D eigenvalue weighted by molar-refractivity contribution is -0.168. The number of likely N-dealkylation sites (N-methyl/N-ethyl adjacent to an activating group) is 1. The van der Waals surface area contributed by atoms with Crippen molar-refractivity contribution in [3.8, 4) is 24.7 Å². The van der Waals surface area contributed by atoms with Crippen LogP contribution in [0.4, 0.5) is 0 Å². The SMILES string of the molecule is C.C#C[C@@H](C)[C@H]1ON(C)[C@H]([C@@H](C)OCc2ccccc2)[C@H]1O.C#C[C@@H](C)[C@H]1ON[C@H]([C@@H](C)OCc2ccccc2)[C@H]1O. The van der Waals surface area contributed by atoms with Crippen molar-refractivity contribution >= 4 is 0 Å². The summed E-state index contributed by atoms with van der Waals surface area (Å²) in [6.45, 7) is 8.60. The van der Waals surface area contributed by atoms with Gasteiger partial charge < -0.3 is 19.7 Å². The minimum atomic E-state index is -0.674. The first-order valence-electron chi connectivity index (χ1n) is 14.1. The molecule has 0 amide bonds. The molecule has 0 radical (unpaired) electrons. The Hall–Kier alpha value is -2.76. The molecular formula is C34H48N2O6. The Balaban J connectivity index is 0.000000287. The highest BCUT2D eigenvalue weighted by Gasteiger charge is 2.46. The molecule has 8 heteroatoms. The lowest BCUT2D eigenvalue weighted by atomic mass is 9.94. The zero-order valence-corrected chi connectivity index (χ0v) is 24.6. The highest BCUT2D eigenvalue weighted by Crippen LogP contribution is 2.29. The number of hydroxylamine groups is 3. The van der Waals surface area contributed by atoms with Crippen molar-refractivity contribution in [2.45, 2.75) is 97.0 Å². The van der Waals surface area contributed by atoms with Crippen molar-refractivity contribution in [3.05, 3.63) is 71.8 Å². The molecule has 2 aromatic carbocycles. The Bertz CT molecular complexity index is 1120. The second kappa shape index (κ2) is 17.4. The van der Waals surface area contributed by atoms with Gasteiger partial charge in [0.2, 0.25) is 0 Å². The van der Waals surface area contributed by atoms with Gasteiger partial charge >= 0.3 is 0 Å². The second-order valence-electron chi connectivity index (χ2n) is 10.7. The predicted octanol–water partition coefficient (Wildman–Crippen LogP) is 3.97. The summed E-state index contributed by atoms with van der Waals surface area (Å²) >= 11 is 0. The highest BCUT2D eigenvalue weighted by atomic mass is 16.7. The van der Waals surface area contributed by atoms with Crippen molar-refractivity contribution in [1.29, 1.82) is 0 Å². The van der Waals surface area contributed by atoms with Crippen LogP contribution in [0.25, 0.3) is 0 Å². The van der Waals surface area contributed by atoms with Gasteiger partial charge in [-0.3, -0.25) is 9.68 Å². The monoisotopic (exact) mass is 580 g/mol. The summed E-state index contributed by atoms with van der Waals surface area (Å²) in [6, 6.07) is 19.4. The van der Waals surface area contributed by atoms with Gasteiger partial charge in [-0.2, -0.15) is 10.5 Å². The van der Waals surface area contributed by atoms with E-state index in [-0.39, 0.29) is 49.7 Å². The van der Waals surface area contributed by atoms with Gasteiger partial charge in [-0.15, -0.1) is 24.7 Å². The van der Waals surface area contributed by atoms with E-state index in [9.17, 15) is 10.2 Å². The average molecular weight is 581 g/mol. The van der Waals surface area contributed by atoms with Crippen molar-refractivity contribution < 1.29 is 29.4 Å². The van der Waals surface area contributed by atoms with E-state index < -0.39 is 18.3 Å². The van der Waals surface area contributed by atoms with Crippen molar-refractivity contribution in [2.75, 3.05) is 7.05 Å². The number of hydrogen-bond acceptors (Lipinski definition) is 8. The summed E-state index contributed by atoms with van der Waals surface area (Å²) in [7, 11) is 1.81. The van der Waals surface area contributed by atoms with Gasteiger partial charge in [-0.1, -0.05) is 68.1 Å². The summed E-state index contributed by atoms with van der Waals surface area (Å²) in [5.41, 5.74) is 5.04. The normalized spacial score (nSPS) is 28.2. The smallest absolute Gasteiger partial charge is 0.120 e. The molecule has 2 aliphatic heterocycles. The topological polar surface area (TPSA) is 92.7 Å². The highest BCUT2D eigenvalue weighted by molar-refractivity contribution is 5.14. The first kappa shape index (κ1) is 35.4. The molecule has 3 N–H and O–H groups in total. The molecule has 2 saturated heterocycles. The van der Waals surface area contributed by atoms with E-state index >= 15 is 0 Å². The summed E-state index contributed by atoms with van der Waals surface area (Å²) in [5, 5.41) is 22.4. The Morgan fingerprint density at radius 3 is 1.79 bits per heavy atom. The van der Waals surface area contributed by atoms with E-state index in [1.807, 2.05) is 88.4 Å². The lowest BCUT2D eigenvalue weighted by Gasteiger charge is -2.26. The third kappa shape index (κ3) is 9.37. The van der Waals surface area contributed by atoms with Gasteiger partial charge in [0.05, 0.1) is 37.5 Å². The quantitative estimate of drug-likeness (QED) is 0.364. The van der Waals surface area contributed by atoms with Crippen LogP contribution in [0.1, 0.15) is 46.2 Å². The largest absolute Gasteiger partial charge is 0.388 e. The van der Waals surface area contributed by atoms with Crippen LogP contribution in [0.5, 0.6) is 0 Å². The minimum absolute atomic E-state index is 0. The van der Waals surface area contributed by atoms with Crippen LogP contribution in [0.15, 0.2) is 60.7 Å². The van der Waals surface area contributed by atoms with E-state index in [4.69, 9.17) is 32.0 Å². The Morgan fingerprint density at radius 2 is 1.29 bits per heavy atom. The van der Waals surface area contributed by atoms with E-state index in [1.54, 1.807) is 12.1 Å². The molecule has 2 aliphatic rings. The van der Waals surface area contributed by atoms with Crippen molar-refractivity contribution in [1.82, 2.24) is 10.5 Å². The van der Waals surface area contributed by atoms with Crippen LogP contribution in [-0.4, -0.2) is 71.0 Å². The molecule has 2 fully saturated rings. The summed E-state index contributed by atoms with van der Waals surface area (Å²) in [4.78, 5) is 11.1. The van der Waals surface area contributed by atoms with Gasteiger partial charge in [0.25, 0.3) is 0 Å². The van der Waals surface area contributed by atoms with Gasteiger partial charge in [-0.05, 0) is 38.8 Å². The molecule has 8 nitrogen and oxygen atoms in total.